The highest BCUT2D eigenvalue weighted by Gasteiger charge is 2.13. The lowest BCUT2D eigenvalue weighted by molar-refractivity contribution is 0.0779. The van der Waals surface area contributed by atoms with Gasteiger partial charge >= 0.3 is 0 Å². The Morgan fingerprint density at radius 2 is 2.08 bits per heavy atom. The number of carbonyl (C=O) groups excluding carboxylic acids is 1. The van der Waals surface area contributed by atoms with E-state index >= 15 is 0 Å². The highest BCUT2D eigenvalue weighted by atomic mass is 35.5. The average Bonchev–Trinajstić information content (AvgIpc) is 2.04. The lowest BCUT2D eigenvalue weighted by Gasteiger charge is -2.04. The Bertz CT molecular complexity index is 294. The highest BCUT2D eigenvalue weighted by molar-refractivity contribution is 6.34. The summed E-state index contributed by atoms with van der Waals surface area (Å²) < 4.78 is 0. The molecule has 0 fully saturated rings. The van der Waals surface area contributed by atoms with Crippen molar-refractivity contribution in [1.29, 1.82) is 0 Å². The Labute approximate surface area is 75.8 Å². The molecule has 0 radical (unpaired) electrons. The van der Waals surface area contributed by atoms with Gasteiger partial charge in [-0.25, -0.2) is 0 Å². The third kappa shape index (κ3) is 1.84. The summed E-state index contributed by atoms with van der Waals surface area (Å²) in [6.07, 6.45) is -0.995. The molecule has 1 N–H and O–H groups in total. The standard InChI is InChI=1S/C9H9ClO2/c1-6(11)9(12)7-4-2-3-5-8(7)10/h2-6,11H,1H3/t6-/m1/s1. The molecule has 1 aromatic carbocycles. The van der Waals surface area contributed by atoms with Crippen molar-refractivity contribution in [1.82, 2.24) is 0 Å². The maximum Gasteiger partial charge on any atom is 0.192 e. The number of aliphatic hydroxyl groups is 1. The first kappa shape index (κ1) is 9.23. The van der Waals surface area contributed by atoms with E-state index in [1.165, 1.54) is 6.92 Å². The molecular formula is C9H9ClO2. The molecule has 1 rings (SSSR count). The first-order valence-electron chi connectivity index (χ1n) is 3.59. The predicted octanol–water partition coefficient (Wildman–Crippen LogP) is 1.90. The van der Waals surface area contributed by atoms with Gasteiger partial charge in [-0.2, -0.15) is 0 Å². The van der Waals surface area contributed by atoms with Gasteiger partial charge in [-0.05, 0) is 19.1 Å². The Hall–Kier alpha value is -0.860. The van der Waals surface area contributed by atoms with Crippen LogP contribution in [-0.4, -0.2) is 17.0 Å². The average molecular weight is 185 g/mol. The van der Waals surface area contributed by atoms with Crippen molar-refractivity contribution in [3.05, 3.63) is 34.9 Å². The Morgan fingerprint density at radius 1 is 1.50 bits per heavy atom. The van der Waals surface area contributed by atoms with Crippen LogP contribution in [0.3, 0.4) is 0 Å². The summed E-state index contributed by atoms with van der Waals surface area (Å²) in [5.41, 5.74) is 0.370. The van der Waals surface area contributed by atoms with Gasteiger partial charge in [-0.1, -0.05) is 23.7 Å². The van der Waals surface area contributed by atoms with Crippen LogP contribution in [-0.2, 0) is 0 Å². The molecule has 0 spiro atoms. The van der Waals surface area contributed by atoms with Crippen molar-refractivity contribution in [2.75, 3.05) is 0 Å². The molecule has 64 valence electrons. The van der Waals surface area contributed by atoms with Gasteiger partial charge in [0.2, 0.25) is 0 Å². The van der Waals surface area contributed by atoms with Crippen LogP contribution >= 0.6 is 11.6 Å². The number of ketones is 1. The molecule has 0 aliphatic carbocycles. The van der Waals surface area contributed by atoms with Crippen LogP contribution in [0, 0.1) is 0 Å². The minimum atomic E-state index is -0.995. The van der Waals surface area contributed by atoms with Gasteiger partial charge in [0.1, 0.15) is 6.10 Å². The van der Waals surface area contributed by atoms with Gasteiger partial charge in [0, 0.05) is 5.56 Å². The van der Waals surface area contributed by atoms with Crippen molar-refractivity contribution < 1.29 is 9.90 Å². The second-order valence-corrected chi connectivity index (χ2v) is 2.93. The number of aliphatic hydroxyl groups excluding tert-OH is 1. The molecule has 0 aromatic heterocycles. The van der Waals surface area contributed by atoms with E-state index in [1.807, 2.05) is 0 Å². The lowest BCUT2D eigenvalue weighted by Crippen LogP contribution is -2.16. The van der Waals surface area contributed by atoms with E-state index in [-0.39, 0.29) is 5.78 Å². The van der Waals surface area contributed by atoms with Crippen LogP contribution in [0.1, 0.15) is 17.3 Å². The molecule has 0 unspecified atom stereocenters. The Morgan fingerprint density at radius 3 is 2.58 bits per heavy atom. The summed E-state index contributed by atoms with van der Waals surface area (Å²) in [5.74, 6) is -0.347. The predicted molar refractivity (Wildman–Crippen MR) is 47.5 cm³/mol. The van der Waals surface area contributed by atoms with Crippen molar-refractivity contribution in [2.24, 2.45) is 0 Å². The molecule has 0 saturated heterocycles. The number of hydrogen-bond donors (Lipinski definition) is 1. The molecule has 0 saturated carbocycles. The molecule has 0 amide bonds. The van der Waals surface area contributed by atoms with Crippen molar-refractivity contribution in [3.8, 4) is 0 Å². The quantitative estimate of drug-likeness (QED) is 0.713. The molecule has 0 aliphatic heterocycles. The second-order valence-electron chi connectivity index (χ2n) is 2.52. The summed E-state index contributed by atoms with van der Waals surface area (Å²) in [7, 11) is 0. The molecule has 1 aromatic rings. The number of Topliss-reactive ketones (excluding diaryl/α,β-unsaturated/α-hetero) is 1. The van der Waals surface area contributed by atoms with Gasteiger partial charge in [0.05, 0.1) is 5.02 Å². The molecule has 12 heavy (non-hydrogen) atoms. The Balaban J connectivity index is 3.03. The summed E-state index contributed by atoms with van der Waals surface area (Å²) in [5, 5.41) is 9.37. The molecular weight excluding hydrogens is 176 g/mol. The van der Waals surface area contributed by atoms with Crippen molar-refractivity contribution >= 4 is 17.4 Å². The van der Waals surface area contributed by atoms with Crippen molar-refractivity contribution in [3.63, 3.8) is 0 Å². The monoisotopic (exact) mass is 184 g/mol. The first-order chi connectivity index (χ1) is 5.63. The smallest absolute Gasteiger partial charge is 0.192 e. The minimum absolute atomic E-state index is 0.347. The number of hydrogen-bond acceptors (Lipinski definition) is 2. The maximum atomic E-state index is 11.2. The zero-order valence-electron chi connectivity index (χ0n) is 6.62. The fraction of sp³-hybridized carbons (Fsp3) is 0.222. The molecule has 0 bridgehead atoms. The van der Waals surface area contributed by atoms with E-state index in [0.717, 1.165) is 0 Å². The topological polar surface area (TPSA) is 37.3 Å². The Kier molecular flexibility index (Phi) is 2.84. The summed E-state index contributed by atoms with van der Waals surface area (Å²) >= 11 is 5.73. The number of halogens is 1. The number of benzene rings is 1. The van der Waals surface area contributed by atoms with Gasteiger partial charge in [-0.15, -0.1) is 0 Å². The van der Waals surface area contributed by atoms with Crippen LogP contribution in [0.2, 0.25) is 5.02 Å². The number of rotatable bonds is 2. The third-order valence-electron chi connectivity index (χ3n) is 1.52. The molecule has 0 aliphatic rings. The van der Waals surface area contributed by atoms with E-state index in [0.29, 0.717) is 10.6 Å². The van der Waals surface area contributed by atoms with Gasteiger partial charge < -0.3 is 5.11 Å². The summed E-state index contributed by atoms with van der Waals surface area (Å²) in [6, 6.07) is 6.66. The largest absolute Gasteiger partial charge is 0.385 e. The van der Waals surface area contributed by atoms with Crippen LogP contribution in [0.5, 0.6) is 0 Å². The SMILES string of the molecule is C[C@@H](O)C(=O)c1ccccc1Cl. The third-order valence-corrected chi connectivity index (χ3v) is 1.85. The lowest BCUT2D eigenvalue weighted by atomic mass is 10.1. The van der Waals surface area contributed by atoms with E-state index in [1.54, 1.807) is 24.3 Å². The van der Waals surface area contributed by atoms with E-state index in [9.17, 15) is 4.79 Å². The normalized spacial score (nSPS) is 12.6. The van der Waals surface area contributed by atoms with Gasteiger partial charge in [-0.3, -0.25) is 4.79 Å². The summed E-state index contributed by atoms with van der Waals surface area (Å²) in [4.78, 5) is 11.2. The van der Waals surface area contributed by atoms with Crippen LogP contribution in [0.15, 0.2) is 24.3 Å². The molecule has 2 nitrogen and oxygen atoms in total. The van der Waals surface area contributed by atoms with E-state index in [4.69, 9.17) is 16.7 Å². The zero-order valence-corrected chi connectivity index (χ0v) is 7.38. The van der Waals surface area contributed by atoms with E-state index < -0.39 is 6.10 Å². The first-order valence-corrected chi connectivity index (χ1v) is 3.97. The van der Waals surface area contributed by atoms with Gasteiger partial charge in [0.15, 0.2) is 5.78 Å². The second kappa shape index (κ2) is 3.70. The zero-order chi connectivity index (χ0) is 9.14. The van der Waals surface area contributed by atoms with Crippen LogP contribution < -0.4 is 0 Å². The number of carbonyl (C=O) groups is 1. The highest BCUT2D eigenvalue weighted by Crippen LogP contribution is 2.16. The fourth-order valence-electron chi connectivity index (χ4n) is 0.886. The van der Waals surface area contributed by atoms with Crippen LogP contribution in [0.25, 0.3) is 0 Å². The molecule has 1 atom stereocenters. The van der Waals surface area contributed by atoms with Gasteiger partial charge in [0.25, 0.3) is 0 Å². The molecule has 0 heterocycles. The molecule has 3 heteroatoms. The van der Waals surface area contributed by atoms with Crippen molar-refractivity contribution in [2.45, 2.75) is 13.0 Å². The summed E-state index contributed by atoms with van der Waals surface area (Å²) in [6.45, 7) is 1.42. The minimum Gasteiger partial charge on any atom is -0.385 e. The fourth-order valence-corrected chi connectivity index (χ4v) is 1.11. The van der Waals surface area contributed by atoms with E-state index in [2.05, 4.69) is 0 Å². The van der Waals surface area contributed by atoms with Crippen LogP contribution in [0.4, 0.5) is 0 Å². The maximum absolute atomic E-state index is 11.2.